The number of Topliss-reactive ketones (excluding diaryl/α,β-unsaturated/α-hetero) is 1. The van der Waals surface area contributed by atoms with Crippen molar-refractivity contribution in [2.24, 2.45) is 0 Å². The van der Waals surface area contributed by atoms with Crippen LogP contribution in [0.25, 0.3) is 0 Å². The molecule has 0 aliphatic carbocycles. The molecular weight excluding hydrogens is 293 g/mol. The van der Waals surface area contributed by atoms with Gasteiger partial charge in [0, 0.05) is 12.0 Å². The number of rotatable bonds is 5. The highest BCUT2D eigenvalue weighted by Crippen LogP contribution is 2.29. The first kappa shape index (κ1) is 16.1. The van der Waals surface area contributed by atoms with E-state index in [9.17, 15) is 18.0 Å². The smallest absolute Gasteiger partial charge is 0.416 e. The lowest BCUT2D eigenvalue weighted by atomic mass is 10.0. The average Bonchev–Trinajstić information content (AvgIpc) is 2.52. The topological polar surface area (TPSA) is 26.3 Å². The number of hydrogen-bond acceptors (Lipinski definition) is 2. The Labute approximate surface area is 126 Å². The Morgan fingerprint density at radius 1 is 1.00 bits per heavy atom. The second kappa shape index (κ2) is 6.64. The summed E-state index contributed by atoms with van der Waals surface area (Å²) < 4.78 is 42.4. The van der Waals surface area contributed by atoms with Crippen molar-refractivity contribution in [2.75, 3.05) is 7.11 Å². The molecule has 0 N–H and O–H groups in total. The van der Waals surface area contributed by atoms with Gasteiger partial charge in [-0.3, -0.25) is 4.79 Å². The number of carbonyl (C=O) groups excluding carboxylic acids is 1. The van der Waals surface area contributed by atoms with E-state index in [0.717, 1.165) is 23.4 Å². The summed E-state index contributed by atoms with van der Waals surface area (Å²) >= 11 is 0. The molecule has 0 amide bonds. The molecule has 0 aliphatic rings. The minimum atomic E-state index is -4.38. The van der Waals surface area contributed by atoms with Gasteiger partial charge in [0.2, 0.25) is 0 Å². The van der Waals surface area contributed by atoms with Crippen LogP contribution < -0.4 is 4.74 Å². The molecule has 0 atom stereocenters. The zero-order valence-corrected chi connectivity index (χ0v) is 12.0. The van der Waals surface area contributed by atoms with Crippen LogP contribution in [-0.2, 0) is 12.6 Å². The van der Waals surface area contributed by atoms with Crippen molar-refractivity contribution in [3.05, 3.63) is 65.2 Å². The maximum absolute atomic E-state index is 12.5. The molecule has 2 rings (SSSR count). The fraction of sp³-hybridized carbons (Fsp3) is 0.235. The molecule has 2 nitrogen and oxygen atoms in total. The number of carbonyl (C=O) groups is 1. The van der Waals surface area contributed by atoms with Gasteiger partial charge in [0.15, 0.2) is 5.78 Å². The van der Waals surface area contributed by atoms with E-state index in [0.29, 0.717) is 12.0 Å². The first-order valence-corrected chi connectivity index (χ1v) is 6.73. The Morgan fingerprint density at radius 3 is 2.09 bits per heavy atom. The molecule has 0 unspecified atom stereocenters. The summed E-state index contributed by atoms with van der Waals surface area (Å²) in [6, 6.07) is 11.6. The summed E-state index contributed by atoms with van der Waals surface area (Å²) in [6.45, 7) is 0. The average molecular weight is 308 g/mol. The molecule has 0 radical (unpaired) electrons. The summed E-state index contributed by atoms with van der Waals surface area (Å²) in [5, 5.41) is 0. The maximum Gasteiger partial charge on any atom is 0.416 e. The summed E-state index contributed by atoms with van der Waals surface area (Å²) in [5.74, 6) is 0.558. The van der Waals surface area contributed by atoms with E-state index in [-0.39, 0.29) is 12.2 Å². The number of ether oxygens (including phenoxy) is 1. The predicted octanol–water partition coefficient (Wildman–Crippen LogP) is 4.53. The van der Waals surface area contributed by atoms with Gasteiger partial charge in [-0.1, -0.05) is 24.3 Å². The number of halogens is 3. The monoisotopic (exact) mass is 308 g/mol. The lowest BCUT2D eigenvalue weighted by molar-refractivity contribution is -0.137. The quantitative estimate of drug-likeness (QED) is 0.759. The van der Waals surface area contributed by atoms with Gasteiger partial charge in [-0.25, -0.2) is 0 Å². The van der Waals surface area contributed by atoms with Crippen molar-refractivity contribution < 1.29 is 22.7 Å². The molecule has 0 saturated heterocycles. The Balaban J connectivity index is 1.97. The summed E-state index contributed by atoms with van der Waals surface area (Å²) in [4.78, 5) is 12.0. The van der Waals surface area contributed by atoms with E-state index in [1.165, 1.54) is 12.1 Å². The predicted molar refractivity (Wildman–Crippen MR) is 77.1 cm³/mol. The van der Waals surface area contributed by atoms with Crippen LogP contribution >= 0.6 is 0 Å². The molecule has 5 heteroatoms. The first-order chi connectivity index (χ1) is 10.4. The maximum atomic E-state index is 12.5. The normalized spacial score (nSPS) is 11.3. The first-order valence-electron chi connectivity index (χ1n) is 6.73. The molecule has 0 heterocycles. The second-order valence-electron chi connectivity index (χ2n) is 4.85. The van der Waals surface area contributed by atoms with Crippen LogP contribution in [0.4, 0.5) is 13.2 Å². The van der Waals surface area contributed by atoms with Crippen molar-refractivity contribution in [3.8, 4) is 5.75 Å². The highest BCUT2D eigenvalue weighted by molar-refractivity contribution is 5.96. The van der Waals surface area contributed by atoms with Crippen molar-refractivity contribution in [3.63, 3.8) is 0 Å². The molecule has 116 valence electrons. The van der Waals surface area contributed by atoms with E-state index in [2.05, 4.69) is 0 Å². The summed E-state index contributed by atoms with van der Waals surface area (Å²) in [7, 11) is 1.57. The third-order valence-corrected chi connectivity index (χ3v) is 3.33. The largest absolute Gasteiger partial charge is 0.497 e. The Kier molecular flexibility index (Phi) is 4.85. The molecule has 0 spiro atoms. The van der Waals surface area contributed by atoms with E-state index < -0.39 is 11.7 Å². The van der Waals surface area contributed by atoms with E-state index in [4.69, 9.17) is 4.74 Å². The third-order valence-electron chi connectivity index (χ3n) is 3.33. The lowest BCUT2D eigenvalue weighted by Gasteiger charge is -2.07. The third kappa shape index (κ3) is 4.10. The van der Waals surface area contributed by atoms with Crippen LogP contribution in [0.3, 0.4) is 0 Å². The minimum Gasteiger partial charge on any atom is -0.497 e. The summed E-state index contributed by atoms with van der Waals surface area (Å²) in [5.41, 5.74) is 0.516. The highest BCUT2D eigenvalue weighted by atomic mass is 19.4. The number of ketones is 1. The van der Waals surface area contributed by atoms with Crippen molar-refractivity contribution in [2.45, 2.75) is 19.0 Å². The van der Waals surface area contributed by atoms with Gasteiger partial charge in [-0.15, -0.1) is 0 Å². The van der Waals surface area contributed by atoms with Gasteiger partial charge in [-0.2, -0.15) is 13.2 Å². The Hall–Kier alpha value is -2.30. The number of methoxy groups -OCH3 is 1. The Morgan fingerprint density at radius 2 is 1.59 bits per heavy atom. The molecule has 22 heavy (non-hydrogen) atoms. The Bertz CT molecular complexity index is 628. The number of alkyl halides is 3. The number of hydrogen-bond donors (Lipinski definition) is 0. The van der Waals surface area contributed by atoms with Gasteiger partial charge in [-0.05, 0) is 36.2 Å². The zero-order valence-electron chi connectivity index (χ0n) is 12.0. The fourth-order valence-electron chi connectivity index (χ4n) is 2.04. The molecule has 2 aromatic carbocycles. The van der Waals surface area contributed by atoms with Gasteiger partial charge >= 0.3 is 6.18 Å². The van der Waals surface area contributed by atoms with E-state index in [1.54, 1.807) is 19.2 Å². The van der Waals surface area contributed by atoms with Gasteiger partial charge in [0.05, 0.1) is 12.7 Å². The SMILES string of the molecule is COc1ccc(CCC(=O)c2ccc(C(F)(F)F)cc2)cc1. The number of aryl methyl sites for hydroxylation is 1. The zero-order chi connectivity index (χ0) is 16.2. The molecule has 2 aromatic rings. The van der Waals surface area contributed by atoms with Gasteiger partial charge in [0.1, 0.15) is 5.75 Å². The van der Waals surface area contributed by atoms with Gasteiger partial charge in [0.25, 0.3) is 0 Å². The van der Waals surface area contributed by atoms with Gasteiger partial charge < -0.3 is 4.74 Å². The van der Waals surface area contributed by atoms with Crippen LogP contribution in [0.5, 0.6) is 5.75 Å². The fourth-order valence-corrected chi connectivity index (χ4v) is 2.04. The molecular formula is C17H15F3O2. The van der Waals surface area contributed by atoms with Crippen LogP contribution in [0.1, 0.15) is 27.9 Å². The molecule has 0 aromatic heterocycles. The van der Waals surface area contributed by atoms with Crippen LogP contribution in [0.15, 0.2) is 48.5 Å². The molecule has 0 aliphatic heterocycles. The summed E-state index contributed by atoms with van der Waals surface area (Å²) in [6.07, 6.45) is -3.60. The van der Waals surface area contributed by atoms with E-state index in [1.807, 2.05) is 12.1 Å². The van der Waals surface area contributed by atoms with E-state index >= 15 is 0 Å². The molecule has 0 fully saturated rings. The lowest BCUT2D eigenvalue weighted by Crippen LogP contribution is -2.06. The minimum absolute atomic E-state index is 0.176. The van der Waals surface area contributed by atoms with Crippen LogP contribution in [0.2, 0.25) is 0 Å². The van der Waals surface area contributed by atoms with Crippen molar-refractivity contribution in [1.29, 1.82) is 0 Å². The van der Waals surface area contributed by atoms with Crippen molar-refractivity contribution >= 4 is 5.78 Å². The highest BCUT2D eigenvalue weighted by Gasteiger charge is 2.30. The second-order valence-corrected chi connectivity index (χ2v) is 4.85. The standard InChI is InChI=1S/C17H15F3O2/c1-22-15-9-2-12(3-10-15)4-11-16(21)13-5-7-14(8-6-13)17(18,19)20/h2-3,5-10H,4,11H2,1H3. The van der Waals surface area contributed by atoms with Crippen LogP contribution in [0, 0.1) is 0 Å². The molecule has 0 bridgehead atoms. The molecule has 0 saturated carbocycles. The van der Waals surface area contributed by atoms with Crippen LogP contribution in [-0.4, -0.2) is 12.9 Å². The number of benzene rings is 2. The van der Waals surface area contributed by atoms with Crippen molar-refractivity contribution in [1.82, 2.24) is 0 Å².